The van der Waals surface area contributed by atoms with Crippen LogP contribution < -0.4 is 56.5 Å². The summed E-state index contributed by atoms with van der Waals surface area (Å²) in [6, 6.07) is 0. The minimum Gasteiger partial charge on any atom is -0.329 e. The number of nitrogens with one attached hydrogen (secondary N) is 4. The van der Waals surface area contributed by atoms with E-state index < -0.39 is 0 Å². The van der Waals surface area contributed by atoms with Gasteiger partial charge in [0.15, 0.2) is 0 Å². The van der Waals surface area contributed by atoms with Gasteiger partial charge in [-0.2, -0.15) is 0 Å². The van der Waals surface area contributed by atoms with Crippen molar-refractivity contribution < 1.29 is 19.2 Å². The summed E-state index contributed by atoms with van der Waals surface area (Å²) in [5.41, 5.74) is 17.4. The van der Waals surface area contributed by atoms with Gasteiger partial charge in [0.2, 0.25) is 23.6 Å². The molecular formula is C10H32N10O4. The molecule has 0 rings (SSSR count). The zero-order chi connectivity index (χ0) is 20.6. The van der Waals surface area contributed by atoms with Crippen LogP contribution >= 0.6 is 0 Å². The molecule has 0 aliphatic rings. The van der Waals surface area contributed by atoms with Gasteiger partial charge in [0.25, 0.3) is 0 Å². The molecule has 0 aromatic carbocycles. The van der Waals surface area contributed by atoms with Gasteiger partial charge in [-0.3, -0.25) is 40.9 Å². The maximum absolute atomic E-state index is 9.58. The molecule has 0 bridgehead atoms. The molecule has 14 heteroatoms. The van der Waals surface area contributed by atoms with Gasteiger partial charge < -0.3 is 11.5 Å². The molecule has 0 aliphatic carbocycles. The van der Waals surface area contributed by atoms with E-state index in [-0.39, 0.29) is 23.6 Å². The molecule has 0 saturated heterocycles. The molecule has 0 saturated carbocycles. The first-order valence-corrected chi connectivity index (χ1v) is 6.29. The lowest BCUT2D eigenvalue weighted by Gasteiger charge is -1.80. The number of hydrogen-bond donors (Lipinski definition) is 10. The van der Waals surface area contributed by atoms with Gasteiger partial charge in [0.05, 0.1) is 0 Å². The van der Waals surface area contributed by atoms with E-state index in [1.54, 1.807) is 0 Å². The lowest BCUT2D eigenvalue weighted by atomic mass is 10.7. The molecule has 0 spiro atoms. The second-order valence-corrected chi connectivity index (χ2v) is 3.38. The van der Waals surface area contributed by atoms with Crippen LogP contribution in [0.2, 0.25) is 0 Å². The van der Waals surface area contributed by atoms with E-state index in [2.05, 4.69) is 23.4 Å². The molecular weight excluding hydrogens is 324 g/mol. The average molecular weight is 356 g/mol. The fourth-order valence-electron chi connectivity index (χ4n) is 0. The second kappa shape index (κ2) is 32.5. The summed E-state index contributed by atoms with van der Waals surface area (Å²) >= 11 is 0. The molecule has 4 amide bonds. The van der Waals surface area contributed by atoms with Crippen molar-refractivity contribution in [1.82, 2.24) is 21.7 Å². The fraction of sp³-hybridized carbons (Fsp3) is 0.600. The third kappa shape index (κ3) is 155. The molecule has 0 atom stereocenters. The van der Waals surface area contributed by atoms with Crippen LogP contribution in [0.25, 0.3) is 0 Å². The highest BCUT2D eigenvalue weighted by Gasteiger charge is 1.74. The summed E-state index contributed by atoms with van der Waals surface area (Å²) in [6.45, 7) is 6.58. The van der Waals surface area contributed by atoms with Crippen molar-refractivity contribution in [2.24, 2.45) is 34.8 Å². The molecule has 0 heterocycles. The van der Waals surface area contributed by atoms with Crippen LogP contribution in [-0.4, -0.2) is 36.7 Å². The van der Waals surface area contributed by atoms with Crippen molar-refractivity contribution >= 4 is 23.6 Å². The van der Waals surface area contributed by atoms with Crippen molar-refractivity contribution in [3.8, 4) is 0 Å². The maximum atomic E-state index is 9.58. The Morgan fingerprint density at radius 2 is 0.625 bits per heavy atom. The van der Waals surface area contributed by atoms with Crippen LogP contribution in [0.1, 0.15) is 27.7 Å². The Labute approximate surface area is 141 Å². The third-order valence-electron chi connectivity index (χ3n) is 0.980. The second-order valence-electron chi connectivity index (χ2n) is 3.38. The normalized spacial score (nSPS) is 6.92. The lowest BCUT2D eigenvalue weighted by molar-refractivity contribution is -0.119. The first-order chi connectivity index (χ1) is 11.0. The van der Waals surface area contributed by atoms with Gasteiger partial charge in [0.1, 0.15) is 0 Å². The lowest BCUT2D eigenvalue weighted by Crippen LogP contribution is -2.26. The summed E-state index contributed by atoms with van der Waals surface area (Å²) in [6.07, 6.45) is 0. The van der Waals surface area contributed by atoms with E-state index in [4.69, 9.17) is 11.5 Å². The van der Waals surface area contributed by atoms with E-state index in [1.165, 1.54) is 27.7 Å². The van der Waals surface area contributed by atoms with E-state index in [9.17, 15) is 19.2 Å². The van der Waals surface area contributed by atoms with Crippen molar-refractivity contribution in [3.05, 3.63) is 0 Å². The molecule has 0 fully saturated rings. The van der Waals surface area contributed by atoms with Gasteiger partial charge in [-0.1, -0.05) is 0 Å². The summed E-state index contributed by atoms with van der Waals surface area (Å²) < 4.78 is 0. The highest BCUT2D eigenvalue weighted by molar-refractivity contribution is 5.72. The first-order valence-electron chi connectivity index (χ1n) is 6.29. The maximum Gasteiger partial charge on any atom is 0.230 e. The number of hydrazine groups is 4. The minimum absolute atomic E-state index is 0.218. The average Bonchev–Trinajstić information content (AvgIpc) is 2.56. The quantitative estimate of drug-likeness (QED) is 0.121. The SMILES string of the molecule is CC(=O)NN.CC(=O)NN.CC(=O)NN.CC(=O)NN.NCCN. The largest absolute Gasteiger partial charge is 0.329 e. The summed E-state index contributed by atoms with van der Waals surface area (Å²) in [5.74, 6) is 17.4. The Bertz CT molecular complexity index is 256. The molecule has 0 aromatic heterocycles. The molecule has 0 aliphatic heterocycles. The van der Waals surface area contributed by atoms with E-state index in [1.807, 2.05) is 21.7 Å². The predicted octanol–water partition coefficient (Wildman–Crippen LogP) is -5.11. The monoisotopic (exact) mass is 356 g/mol. The fourth-order valence-corrected chi connectivity index (χ4v) is 0. The zero-order valence-electron chi connectivity index (χ0n) is 14.5. The molecule has 16 N–H and O–H groups in total. The van der Waals surface area contributed by atoms with E-state index in [0.717, 1.165) is 0 Å². The van der Waals surface area contributed by atoms with Crippen LogP contribution in [0.5, 0.6) is 0 Å². The van der Waals surface area contributed by atoms with Gasteiger partial charge in [0, 0.05) is 40.8 Å². The Hall–Kier alpha value is -2.36. The van der Waals surface area contributed by atoms with Crippen LogP contribution in [0.3, 0.4) is 0 Å². The molecule has 146 valence electrons. The summed E-state index contributed by atoms with van der Waals surface area (Å²) in [7, 11) is 0. The van der Waals surface area contributed by atoms with Crippen molar-refractivity contribution in [3.63, 3.8) is 0 Å². The van der Waals surface area contributed by atoms with Crippen LogP contribution in [0, 0.1) is 0 Å². The Kier molecular flexibility index (Phi) is 45.2. The van der Waals surface area contributed by atoms with Crippen molar-refractivity contribution in [2.75, 3.05) is 13.1 Å². The number of carbonyl (C=O) groups is 4. The van der Waals surface area contributed by atoms with Gasteiger partial charge >= 0.3 is 0 Å². The number of hydrogen-bond acceptors (Lipinski definition) is 10. The third-order valence-corrected chi connectivity index (χ3v) is 0.980. The van der Waals surface area contributed by atoms with Crippen molar-refractivity contribution in [2.45, 2.75) is 27.7 Å². The molecule has 0 unspecified atom stereocenters. The summed E-state index contributed by atoms with van der Waals surface area (Å²) in [4.78, 5) is 38.3. The van der Waals surface area contributed by atoms with E-state index >= 15 is 0 Å². The number of amides is 4. The summed E-state index contributed by atoms with van der Waals surface area (Å²) in [5, 5.41) is 0. The molecule has 14 nitrogen and oxygen atoms in total. The van der Waals surface area contributed by atoms with Crippen LogP contribution in [0.4, 0.5) is 0 Å². The number of nitrogens with two attached hydrogens (primary N) is 6. The Morgan fingerprint density at radius 3 is 0.625 bits per heavy atom. The first kappa shape index (κ1) is 33.3. The minimum atomic E-state index is -0.218. The molecule has 0 aromatic rings. The van der Waals surface area contributed by atoms with Gasteiger partial charge in [-0.25, -0.2) is 23.4 Å². The number of carbonyl (C=O) groups excluding carboxylic acids is 4. The van der Waals surface area contributed by atoms with Gasteiger partial charge in [-0.15, -0.1) is 0 Å². The molecule has 24 heavy (non-hydrogen) atoms. The van der Waals surface area contributed by atoms with Crippen LogP contribution in [-0.2, 0) is 19.2 Å². The predicted molar refractivity (Wildman–Crippen MR) is 90.1 cm³/mol. The van der Waals surface area contributed by atoms with Crippen molar-refractivity contribution in [1.29, 1.82) is 0 Å². The van der Waals surface area contributed by atoms with Crippen LogP contribution in [0.15, 0.2) is 0 Å². The Balaban J connectivity index is -0.0000000628. The highest BCUT2D eigenvalue weighted by atomic mass is 16.2. The van der Waals surface area contributed by atoms with E-state index in [0.29, 0.717) is 13.1 Å². The number of rotatable bonds is 1. The smallest absolute Gasteiger partial charge is 0.230 e. The molecule has 0 radical (unpaired) electrons. The topological polar surface area (TPSA) is 273 Å². The standard InChI is InChI=1S/4C2H6N2O.C2H8N2/c4*1-2(5)4-3;3-1-2-4/h4*3H2,1H3,(H,4,5);1-4H2. The Morgan fingerprint density at radius 1 is 0.542 bits per heavy atom. The van der Waals surface area contributed by atoms with Gasteiger partial charge in [-0.05, 0) is 0 Å². The zero-order valence-corrected chi connectivity index (χ0v) is 14.5. The highest BCUT2D eigenvalue weighted by Crippen LogP contribution is 1.43.